The van der Waals surface area contributed by atoms with Gasteiger partial charge in [0.1, 0.15) is 0 Å². The molecular formula is C21H20N4O3. The summed E-state index contributed by atoms with van der Waals surface area (Å²) in [5, 5.41) is 14.0. The highest BCUT2D eigenvalue weighted by Crippen LogP contribution is 2.23. The summed E-state index contributed by atoms with van der Waals surface area (Å²) in [5.74, 6) is -0.471. The predicted molar refractivity (Wildman–Crippen MR) is 107 cm³/mol. The standard InChI is InChI=1S/C21H20N4O3/c1-13-7-6-8-14(2)19(13)23-18-12-11-17(24-25-18)20(26)22-16-10-5-4-9-15(16)21(27)28-3/h4-12H,1-3H3,(H,22,26)(H,23,25). The Bertz CT molecular complexity index is 996. The fraction of sp³-hybridized carbons (Fsp3) is 0.143. The van der Waals surface area contributed by atoms with Crippen LogP contribution in [0.4, 0.5) is 17.2 Å². The molecule has 0 saturated carbocycles. The average molecular weight is 376 g/mol. The molecule has 0 spiro atoms. The molecule has 7 heteroatoms. The quantitative estimate of drug-likeness (QED) is 0.657. The molecule has 0 aliphatic rings. The number of aromatic nitrogens is 2. The molecule has 1 aromatic heterocycles. The number of amides is 1. The van der Waals surface area contributed by atoms with Crippen LogP contribution in [-0.4, -0.2) is 29.2 Å². The molecule has 3 aromatic rings. The number of benzene rings is 2. The van der Waals surface area contributed by atoms with Crippen LogP contribution in [0.25, 0.3) is 0 Å². The number of para-hydroxylation sites is 2. The van der Waals surface area contributed by atoms with E-state index in [4.69, 9.17) is 4.74 Å². The molecule has 0 unspecified atom stereocenters. The van der Waals surface area contributed by atoms with Crippen LogP contribution >= 0.6 is 0 Å². The minimum Gasteiger partial charge on any atom is -0.465 e. The molecule has 1 amide bonds. The Kier molecular flexibility index (Phi) is 5.64. The van der Waals surface area contributed by atoms with E-state index in [-0.39, 0.29) is 11.3 Å². The van der Waals surface area contributed by atoms with Gasteiger partial charge in [0.2, 0.25) is 0 Å². The van der Waals surface area contributed by atoms with Crippen LogP contribution in [-0.2, 0) is 4.74 Å². The van der Waals surface area contributed by atoms with Crippen molar-refractivity contribution in [3.63, 3.8) is 0 Å². The van der Waals surface area contributed by atoms with Gasteiger partial charge in [0.25, 0.3) is 5.91 Å². The first-order valence-corrected chi connectivity index (χ1v) is 8.65. The first-order valence-electron chi connectivity index (χ1n) is 8.65. The van der Waals surface area contributed by atoms with E-state index >= 15 is 0 Å². The van der Waals surface area contributed by atoms with Crippen LogP contribution in [0, 0.1) is 13.8 Å². The van der Waals surface area contributed by atoms with Crippen LogP contribution in [0.3, 0.4) is 0 Å². The molecule has 2 aromatic carbocycles. The Labute approximate surface area is 162 Å². The molecule has 0 aliphatic carbocycles. The summed E-state index contributed by atoms with van der Waals surface area (Å²) in [4.78, 5) is 24.3. The smallest absolute Gasteiger partial charge is 0.339 e. The van der Waals surface area contributed by atoms with E-state index in [0.717, 1.165) is 16.8 Å². The van der Waals surface area contributed by atoms with Gasteiger partial charge in [-0.25, -0.2) is 4.79 Å². The van der Waals surface area contributed by atoms with Gasteiger partial charge in [0.15, 0.2) is 11.5 Å². The van der Waals surface area contributed by atoms with Gasteiger partial charge in [-0.2, -0.15) is 0 Å². The second-order valence-corrected chi connectivity index (χ2v) is 6.19. The maximum absolute atomic E-state index is 12.5. The van der Waals surface area contributed by atoms with Crippen LogP contribution in [0.2, 0.25) is 0 Å². The molecule has 0 fully saturated rings. The Morgan fingerprint density at radius 2 is 1.61 bits per heavy atom. The molecule has 142 valence electrons. The highest BCUT2D eigenvalue weighted by Gasteiger charge is 2.15. The van der Waals surface area contributed by atoms with Gasteiger partial charge in [-0.05, 0) is 49.2 Å². The lowest BCUT2D eigenvalue weighted by molar-refractivity contribution is 0.0602. The van der Waals surface area contributed by atoms with Crippen molar-refractivity contribution in [1.82, 2.24) is 10.2 Å². The highest BCUT2D eigenvalue weighted by atomic mass is 16.5. The largest absolute Gasteiger partial charge is 0.465 e. The topological polar surface area (TPSA) is 93.2 Å². The Morgan fingerprint density at radius 3 is 2.25 bits per heavy atom. The van der Waals surface area contributed by atoms with Crippen molar-refractivity contribution in [1.29, 1.82) is 0 Å². The third kappa shape index (κ3) is 4.15. The van der Waals surface area contributed by atoms with Crippen molar-refractivity contribution in [2.45, 2.75) is 13.8 Å². The molecule has 0 atom stereocenters. The van der Waals surface area contributed by atoms with E-state index in [1.165, 1.54) is 7.11 Å². The van der Waals surface area contributed by atoms with Crippen LogP contribution in [0.1, 0.15) is 32.0 Å². The van der Waals surface area contributed by atoms with E-state index in [1.807, 2.05) is 32.0 Å². The third-order valence-electron chi connectivity index (χ3n) is 4.21. The zero-order valence-corrected chi connectivity index (χ0v) is 15.8. The van der Waals surface area contributed by atoms with Crippen LogP contribution in [0.5, 0.6) is 0 Å². The van der Waals surface area contributed by atoms with Crippen LogP contribution in [0.15, 0.2) is 54.6 Å². The van der Waals surface area contributed by atoms with Gasteiger partial charge in [-0.1, -0.05) is 30.3 Å². The number of ether oxygens (including phenoxy) is 1. The van der Waals surface area contributed by atoms with E-state index in [2.05, 4.69) is 20.8 Å². The minimum atomic E-state index is -0.532. The second kappa shape index (κ2) is 8.30. The molecular weight excluding hydrogens is 356 g/mol. The molecule has 3 rings (SSSR count). The molecule has 0 bridgehead atoms. The lowest BCUT2D eigenvalue weighted by Crippen LogP contribution is -2.17. The van der Waals surface area contributed by atoms with Gasteiger partial charge in [-0.15, -0.1) is 10.2 Å². The number of esters is 1. The SMILES string of the molecule is COC(=O)c1ccccc1NC(=O)c1ccc(Nc2c(C)cccc2C)nn1. The summed E-state index contributed by atoms with van der Waals surface area (Å²) in [6, 6.07) is 15.8. The van der Waals surface area contributed by atoms with Crippen molar-refractivity contribution in [2.75, 3.05) is 17.7 Å². The summed E-state index contributed by atoms with van der Waals surface area (Å²) in [6.45, 7) is 4.01. The molecule has 0 radical (unpaired) electrons. The summed E-state index contributed by atoms with van der Waals surface area (Å²) >= 11 is 0. The number of methoxy groups -OCH3 is 1. The lowest BCUT2D eigenvalue weighted by Gasteiger charge is -2.12. The van der Waals surface area contributed by atoms with Gasteiger partial charge in [0, 0.05) is 5.69 Å². The molecule has 0 aliphatic heterocycles. The second-order valence-electron chi connectivity index (χ2n) is 6.19. The number of carbonyl (C=O) groups is 2. The lowest BCUT2D eigenvalue weighted by atomic mass is 10.1. The van der Waals surface area contributed by atoms with Crippen molar-refractivity contribution < 1.29 is 14.3 Å². The van der Waals surface area contributed by atoms with Gasteiger partial charge >= 0.3 is 5.97 Å². The maximum Gasteiger partial charge on any atom is 0.339 e. The predicted octanol–water partition coefficient (Wildman–Crippen LogP) is 3.88. The van der Waals surface area contributed by atoms with E-state index in [9.17, 15) is 9.59 Å². The van der Waals surface area contributed by atoms with Crippen molar-refractivity contribution >= 4 is 29.1 Å². The number of nitrogens with zero attached hydrogens (tertiary/aromatic N) is 2. The summed E-state index contributed by atoms with van der Waals surface area (Å²) < 4.78 is 4.73. The number of hydrogen-bond acceptors (Lipinski definition) is 6. The van der Waals surface area contributed by atoms with Gasteiger partial charge in [0.05, 0.1) is 18.4 Å². The summed E-state index contributed by atoms with van der Waals surface area (Å²) in [7, 11) is 1.29. The minimum absolute atomic E-state index is 0.131. The number of nitrogens with one attached hydrogen (secondary N) is 2. The number of hydrogen-bond donors (Lipinski definition) is 2. The molecule has 1 heterocycles. The molecule has 0 saturated heterocycles. The Hall–Kier alpha value is -3.74. The van der Waals surface area contributed by atoms with Gasteiger partial charge < -0.3 is 15.4 Å². The molecule has 2 N–H and O–H groups in total. The normalized spacial score (nSPS) is 10.2. The summed E-state index contributed by atoms with van der Waals surface area (Å²) in [5.41, 5.74) is 3.87. The number of aryl methyl sites for hydroxylation is 2. The number of anilines is 3. The van der Waals surface area contributed by atoms with Gasteiger partial charge in [-0.3, -0.25) is 4.79 Å². The third-order valence-corrected chi connectivity index (χ3v) is 4.21. The zero-order chi connectivity index (χ0) is 20.1. The molecule has 7 nitrogen and oxygen atoms in total. The van der Waals surface area contributed by atoms with Crippen molar-refractivity contribution in [3.8, 4) is 0 Å². The van der Waals surface area contributed by atoms with E-state index < -0.39 is 11.9 Å². The fourth-order valence-corrected chi connectivity index (χ4v) is 2.73. The highest BCUT2D eigenvalue weighted by molar-refractivity contribution is 6.07. The Morgan fingerprint density at radius 1 is 0.893 bits per heavy atom. The first-order chi connectivity index (χ1) is 13.5. The van der Waals surface area contributed by atoms with E-state index in [0.29, 0.717) is 11.5 Å². The number of carbonyl (C=O) groups excluding carboxylic acids is 2. The number of rotatable bonds is 5. The van der Waals surface area contributed by atoms with E-state index in [1.54, 1.807) is 36.4 Å². The first kappa shape index (κ1) is 19.0. The monoisotopic (exact) mass is 376 g/mol. The zero-order valence-electron chi connectivity index (χ0n) is 15.8. The van der Waals surface area contributed by atoms with Crippen LogP contribution < -0.4 is 10.6 Å². The van der Waals surface area contributed by atoms with Crippen molar-refractivity contribution in [2.24, 2.45) is 0 Å². The summed E-state index contributed by atoms with van der Waals surface area (Å²) in [6.07, 6.45) is 0. The average Bonchev–Trinajstić information content (AvgIpc) is 2.71. The van der Waals surface area contributed by atoms with Crippen molar-refractivity contribution in [3.05, 3.63) is 77.0 Å². The Balaban J connectivity index is 1.75. The maximum atomic E-state index is 12.5. The molecule has 28 heavy (non-hydrogen) atoms. The fourth-order valence-electron chi connectivity index (χ4n) is 2.73.